The number of carbonyl (C=O) groups excluding carboxylic acids is 1. The second-order valence-electron chi connectivity index (χ2n) is 5.49. The Balaban J connectivity index is 1.87. The van der Waals surface area contributed by atoms with Gasteiger partial charge in [-0.05, 0) is 37.3 Å². The largest absolute Gasteiger partial charge is 0.465 e. The predicted molar refractivity (Wildman–Crippen MR) is 84.8 cm³/mol. The molecule has 1 aliphatic rings. The third-order valence-electron chi connectivity index (χ3n) is 4.04. The summed E-state index contributed by atoms with van der Waals surface area (Å²) in [5.74, 6) is -0.370. The van der Waals surface area contributed by atoms with Gasteiger partial charge >= 0.3 is 5.97 Å². The van der Waals surface area contributed by atoms with Gasteiger partial charge in [-0.15, -0.1) is 0 Å². The molecule has 0 fully saturated rings. The molecule has 0 saturated carbocycles. The Morgan fingerprint density at radius 1 is 1.23 bits per heavy atom. The average molecular weight is 298 g/mol. The normalized spacial score (nSPS) is 22.6. The van der Waals surface area contributed by atoms with Crippen molar-refractivity contribution in [2.75, 3.05) is 17.7 Å². The first kappa shape index (κ1) is 14.4. The minimum absolute atomic E-state index is 0.370. The summed E-state index contributed by atoms with van der Waals surface area (Å²) >= 11 is 0. The van der Waals surface area contributed by atoms with Crippen LogP contribution in [0, 0.1) is 0 Å². The Morgan fingerprint density at radius 2 is 1.91 bits per heavy atom. The van der Waals surface area contributed by atoms with Gasteiger partial charge in [-0.25, -0.2) is 4.79 Å². The number of fused-ring (bicyclic) bond motifs is 1. The van der Waals surface area contributed by atoms with Crippen LogP contribution in [0.3, 0.4) is 0 Å². The summed E-state index contributed by atoms with van der Waals surface area (Å²) in [7, 11) is 1.35. The molecular weight excluding hydrogens is 280 g/mol. The molecule has 5 nitrogen and oxygen atoms in total. The first-order valence-electron chi connectivity index (χ1n) is 7.05. The summed E-state index contributed by atoms with van der Waals surface area (Å²) in [5.41, 5.74) is 2.57. The van der Waals surface area contributed by atoms with E-state index in [0.717, 1.165) is 16.9 Å². The number of hydrogen-bond donors (Lipinski definition) is 3. The van der Waals surface area contributed by atoms with Gasteiger partial charge < -0.3 is 20.5 Å². The molecule has 0 radical (unpaired) electrons. The summed E-state index contributed by atoms with van der Waals surface area (Å²) in [6.45, 7) is 1.94. The van der Waals surface area contributed by atoms with Crippen LogP contribution in [0.4, 0.5) is 11.4 Å². The van der Waals surface area contributed by atoms with E-state index in [1.807, 2.05) is 31.2 Å². The van der Waals surface area contributed by atoms with Crippen molar-refractivity contribution in [3.8, 4) is 0 Å². The van der Waals surface area contributed by atoms with Gasteiger partial charge in [0, 0.05) is 16.9 Å². The van der Waals surface area contributed by atoms with Crippen LogP contribution in [-0.4, -0.2) is 24.4 Å². The minimum Gasteiger partial charge on any atom is -0.465 e. The van der Waals surface area contributed by atoms with E-state index in [2.05, 4.69) is 15.4 Å². The molecule has 1 aliphatic heterocycles. The van der Waals surface area contributed by atoms with Gasteiger partial charge in [0.1, 0.15) is 5.54 Å². The van der Waals surface area contributed by atoms with E-state index in [1.165, 1.54) is 7.11 Å². The minimum atomic E-state index is -0.745. The zero-order chi connectivity index (χ0) is 15.7. The van der Waals surface area contributed by atoms with E-state index in [9.17, 15) is 9.90 Å². The lowest BCUT2D eigenvalue weighted by Crippen LogP contribution is -2.42. The van der Waals surface area contributed by atoms with E-state index in [1.54, 1.807) is 24.3 Å². The molecule has 0 saturated heterocycles. The molecule has 3 N–H and O–H groups in total. The zero-order valence-electron chi connectivity index (χ0n) is 12.5. The second kappa shape index (κ2) is 5.35. The van der Waals surface area contributed by atoms with E-state index in [4.69, 9.17) is 0 Å². The van der Waals surface area contributed by atoms with Crippen LogP contribution in [-0.2, 0) is 10.3 Å². The fraction of sp³-hybridized carbons (Fsp3) is 0.235. The molecule has 2 aromatic carbocycles. The second-order valence-corrected chi connectivity index (χ2v) is 5.49. The molecular formula is C17H18N2O3. The number of rotatable bonds is 3. The fourth-order valence-corrected chi connectivity index (χ4v) is 2.74. The molecule has 114 valence electrons. The highest BCUT2D eigenvalue weighted by Crippen LogP contribution is 2.40. The standard InChI is InChI=1S/C17H18N2O3/c1-17(13-5-3-4-6-14(13)18-16(17)21)19-12-9-7-11(8-10-12)15(20)22-2/h3-10,16,18-19,21H,1-2H3. The lowest BCUT2D eigenvalue weighted by molar-refractivity contribution is 0.0600. The molecule has 2 unspecified atom stereocenters. The first-order chi connectivity index (χ1) is 10.5. The van der Waals surface area contributed by atoms with Gasteiger partial charge in [-0.2, -0.15) is 0 Å². The Labute approximate surface area is 128 Å². The predicted octanol–water partition coefficient (Wildman–Crippen LogP) is 2.54. The third kappa shape index (κ3) is 2.29. The molecule has 22 heavy (non-hydrogen) atoms. The summed E-state index contributed by atoms with van der Waals surface area (Å²) in [6, 6.07) is 14.8. The maximum absolute atomic E-state index is 11.5. The summed E-state index contributed by atoms with van der Waals surface area (Å²) in [5, 5.41) is 16.8. The van der Waals surface area contributed by atoms with Gasteiger partial charge in [-0.1, -0.05) is 18.2 Å². The highest BCUT2D eigenvalue weighted by molar-refractivity contribution is 5.89. The van der Waals surface area contributed by atoms with Gasteiger partial charge in [0.25, 0.3) is 0 Å². The average Bonchev–Trinajstić information content (AvgIpc) is 2.79. The number of methoxy groups -OCH3 is 1. The highest BCUT2D eigenvalue weighted by Gasteiger charge is 2.42. The van der Waals surface area contributed by atoms with E-state index in [0.29, 0.717) is 5.56 Å². The van der Waals surface area contributed by atoms with E-state index in [-0.39, 0.29) is 5.97 Å². The Hall–Kier alpha value is -2.53. The molecule has 0 aromatic heterocycles. The van der Waals surface area contributed by atoms with Crippen molar-refractivity contribution in [1.82, 2.24) is 0 Å². The molecule has 5 heteroatoms. The Kier molecular flexibility index (Phi) is 3.50. The zero-order valence-corrected chi connectivity index (χ0v) is 12.5. The quantitative estimate of drug-likeness (QED) is 0.760. The van der Waals surface area contributed by atoms with Crippen LogP contribution in [0.5, 0.6) is 0 Å². The lowest BCUT2D eigenvalue weighted by atomic mass is 9.92. The number of aliphatic hydroxyl groups excluding tert-OH is 1. The molecule has 0 amide bonds. The van der Waals surface area contributed by atoms with Crippen molar-refractivity contribution < 1.29 is 14.6 Å². The molecule has 0 aliphatic carbocycles. The van der Waals surface area contributed by atoms with E-state index < -0.39 is 11.8 Å². The van der Waals surface area contributed by atoms with Crippen LogP contribution in [0.25, 0.3) is 0 Å². The maximum Gasteiger partial charge on any atom is 0.337 e. The van der Waals surface area contributed by atoms with E-state index >= 15 is 0 Å². The molecule has 1 heterocycles. The van der Waals surface area contributed by atoms with Gasteiger partial charge in [0.15, 0.2) is 6.23 Å². The fourth-order valence-electron chi connectivity index (χ4n) is 2.74. The van der Waals surface area contributed by atoms with Crippen molar-refractivity contribution in [1.29, 1.82) is 0 Å². The number of esters is 1. The number of anilines is 2. The highest BCUT2D eigenvalue weighted by atomic mass is 16.5. The van der Waals surface area contributed by atoms with Crippen LogP contribution < -0.4 is 10.6 Å². The van der Waals surface area contributed by atoms with Gasteiger partial charge in [0.05, 0.1) is 12.7 Å². The topological polar surface area (TPSA) is 70.6 Å². The summed E-state index contributed by atoms with van der Waals surface area (Å²) in [6.07, 6.45) is -0.745. The number of ether oxygens (including phenoxy) is 1. The van der Waals surface area contributed by atoms with Crippen molar-refractivity contribution in [3.05, 3.63) is 59.7 Å². The monoisotopic (exact) mass is 298 g/mol. The van der Waals surface area contributed by atoms with Crippen molar-refractivity contribution in [3.63, 3.8) is 0 Å². The van der Waals surface area contributed by atoms with Crippen LogP contribution in [0.1, 0.15) is 22.8 Å². The number of carbonyl (C=O) groups is 1. The Bertz CT molecular complexity index is 699. The molecule has 2 atom stereocenters. The smallest absolute Gasteiger partial charge is 0.337 e. The van der Waals surface area contributed by atoms with Crippen molar-refractivity contribution in [2.45, 2.75) is 18.7 Å². The number of para-hydroxylation sites is 1. The Morgan fingerprint density at radius 3 is 2.59 bits per heavy atom. The lowest BCUT2D eigenvalue weighted by Gasteiger charge is -2.31. The third-order valence-corrected chi connectivity index (χ3v) is 4.04. The number of aliphatic hydroxyl groups is 1. The van der Waals surface area contributed by atoms with Crippen LogP contribution in [0.15, 0.2) is 48.5 Å². The molecule has 2 aromatic rings. The number of nitrogens with one attached hydrogen (secondary N) is 2. The van der Waals surface area contributed by atoms with Crippen LogP contribution in [0.2, 0.25) is 0 Å². The SMILES string of the molecule is COC(=O)c1ccc(NC2(C)c3ccccc3NC2O)cc1. The number of hydrogen-bond acceptors (Lipinski definition) is 5. The maximum atomic E-state index is 11.5. The van der Waals surface area contributed by atoms with Crippen LogP contribution >= 0.6 is 0 Å². The number of benzene rings is 2. The van der Waals surface area contributed by atoms with Crippen molar-refractivity contribution >= 4 is 17.3 Å². The first-order valence-corrected chi connectivity index (χ1v) is 7.05. The molecule has 3 rings (SSSR count). The summed E-state index contributed by atoms with van der Waals surface area (Å²) in [4.78, 5) is 11.5. The molecule has 0 spiro atoms. The van der Waals surface area contributed by atoms with Crippen molar-refractivity contribution in [2.24, 2.45) is 0 Å². The molecule has 0 bridgehead atoms. The summed E-state index contributed by atoms with van der Waals surface area (Å²) < 4.78 is 4.68. The van der Waals surface area contributed by atoms with Gasteiger partial charge in [0.2, 0.25) is 0 Å². The van der Waals surface area contributed by atoms with Gasteiger partial charge in [-0.3, -0.25) is 0 Å².